The van der Waals surface area contributed by atoms with Crippen LogP contribution in [0.25, 0.3) is 11.1 Å². The summed E-state index contributed by atoms with van der Waals surface area (Å²) in [6.45, 7) is 6.31. The third-order valence-corrected chi connectivity index (χ3v) is 5.31. The highest BCUT2D eigenvalue weighted by molar-refractivity contribution is 7.78. The van der Waals surface area contributed by atoms with Gasteiger partial charge in [-0.15, -0.1) is 0 Å². The largest absolute Gasteiger partial charge is 0.205 e. The lowest BCUT2D eigenvalue weighted by Gasteiger charge is -2.07. The van der Waals surface area contributed by atoms with Crippen molar-refractivity contribution in [1.82, 2.24) is 0 Å². The van der Waals surface area contributed by atoms with Gasteiger partial charge in [-0.1, -0.05) is 56.4 Å². The molecule has 0 aliphatic carbocycles. The minimum Gasteiger partial charge on any atom is -0.205 e. The van der Waals surface area contributed by atoms with Gasteiger partial charge in [0.15, 0.2) is 5.82 Å². The maximum Gasteiger partial charge on any atom is 0.150 e. The van der Waals surface area contributed by atoms with Gasteiger partial charge in [0.05, 0.1) is 5.16 Å². The molecular weight excluding hydrogens is 389 g/mol. The Bertz CT molecular complexity index is 1110. The molecule has 0 fully saturated rings. The molecule has 1 unspecified atom stereocenters. The number of isothiocyanates is 1. The van der Waals surface area contributed by atoms with E-state index < -0.39 is 5.82 Å². The summed E-state index contributed by atoms with van der Waals surface area (Å²) in [5.74, 6) is 6.71. The van der Waals surface area contributed by atoms with Crippen molar-refractivity contribution in [2.45, 2.75) is 33.6 Å². The Balaban J connectivity index is 1.75. The molecule has 0 bridgehead atoms. The Kier molecular flexibility index (Phi) is 7.31. The molecule has 30 heavy (non-hydrogen) atoms. The van der Waals surface area contributed by atoms with E-state index in [2.05, 4.69) is 72.3 Å². The Morgan fingerprint density at radius 3 is 2.07 bits per heavy atom. The smallest absolute Gasteiger partial charge is 0.150 e. The molecule has 0 aliphatic heterocycles. The summed E-state index contributed by atoms with van der Waals surface area (Å²) < 4.78 is 14.3. The number of hydrogen-bond acceptors (Lipinski definition) is 2. The van der Waals surface area contributed by atoms with Crippen LogP contribution in [0.2, 0.25) is 0 Å². The van der Waals surface area contributed by atoms with E-state index in [-0.39, 0.29) is 5.69 Å². The third-order valence-electron chi connectivity index (χ3n) is 5.22. The van der Waals surface area contributed by atoms with Crippen LogP contribution in [0.1, 0.15) is 42.5 Å². The average molecular weight is 414 g/mol. The molecule has 0 saturated heterocycles. The van der Waals surface area contributed by atoms with E-state index in [0.717, 1.165) is 34.2 Å². The molecule has 0 aromatic heterocycles. The van der Waals surface area contributed by atoms with Crippen molar-refractivity contribution in [2.24, 2.45) is 10.9 Å². The molecule has 0 aliphatic rings. The van der Waals surface area contributed by atoms with E-state index in [0.29, 0.717) is 5.92 Å². The summed E-state index contributed by atoms with van der Waals surface area (Å²) >= 11 is 4.59. The van der Waals surface area contributed by atoms with Crippen molar-refractivity contribution in [3.05, 3.63) is 88.7 Å². The monoisotopic (exact) mass is 413 g/mol. The van der Waals surface area contributed by atoms with Gasteiger partial charge in [0.25, 0.3) is 0 Å². The molecule has 0 saturated carbocycles. The van der Waals surface area contributed by atoms with E-state index in [1.807, 2.05) is 37.3 Å². The van der Waals surface area contributed by atoms with Crippen LogP contribution in [-0.2, 0) is 6.42 Å². The zero-order valence-electron chi connectivity index (χ0n) is 17.5. The number of halogens is 1. The predicted octanol–water partition coefficient (Wildman–Crippen LogP) is 7.52. The molecule has 0 radical (unpaired) electrons. The van der Waals surface area contributed by atoms with Gasteiger partial charge in [-0.2, -0.15) is 4.99 Å². The molecule has 3 aromatic carbocycles. The third kappa shape index (κ3) is 5.51. The summed E-state index contributed by atoms with van der Waals surface area (Å²) in [6, 6.07) is 19.7. The molecule has 0 heterocycles. The number of hydrogen-bond donors (Lipinski definition) is 0. The number of rotatable bonds is 5. The number of nitrogens with zero attached hydrogens (tertiary/aromatic N) is 1. The van der Waals surface area contributed by atoms with Gasteiger partial charge in [0.2, 0.25) is 0 Å². The number of aryl methyl sites for hydroxylation is 1. The highest BCUT2D eigenvalue weighted by atomic mass is 32.1. The molecule has 1 atom stereocenters. The van der Waals surface area contributed by atoms with Crippen molar-refractivity contribution < 1.29 is 4.39 Å². The Labute approximate surface area is 183 Å². The fourth-order valence-electron chi connectivity index (χ4n) is 3.25. The van der Waals surface area contributed by atoms with E-state index in [1.54, 1.807) is 0 Å². The second kappa shape index (κ2) is 10.1. The summed E-state index contributed by atoms with van der Waals surface area (Å²) in [5, 5.41) is 2.23. The van der Waals surface area contributed by atoms with Crippen molar-refractivity contribution >= 4 is 23.1 Å². The van der Waals surface area contributed by atoms with Gasteiger partial charge in [0.1, 0.15) is 5.69 Å². The average Bonchev–Trinajstić information content (AvgIpc) is 2.76. The lowest BCUT2D eigenvalue weighted by molar-refractivity contribution is 0.560. The summed E-state index contributed by atoms with van der Waals surface area (Å²) in [5.41, 5.74) is 5.96. The standard InChI is InChI=1S/C27H24FNS/c1-4-19(2)15-23-9-7-21(8-10-23)5-6-22-11-13-24(14-12-22)25-16-20(3)27(29-18-30)26(28)17-25/h7-14,16-17,19H,4,15H2,1-3H3. The minimum atomic E-state index is -0.400. The first-order chi connectivity index (χ1) is 14.5. The van der Waals surface area contributed by atoms with Gasteiger partial charge >= 0.3 is 0 Å². The van der Waals surface area contributed by atoms with E-state index in [1.165, 1.54) is 18.1 Å². The van der Waals surface area contributed by atoms with E-state index in [4.69, 9.17) is 0 Å². The molecule has 3 heteroatoms. The first-order valence-electron chi connectivity index (χ1n) is 10.1. The molecule has 3 rings (SSSR count). The van der Waals surface area contributed by atoms with Crippen molar-refractivity contribution in [3.8, 4) is 23.0 Å². The summed E-state index contributed by atoms with van der Waals surface area (Å²) in [7, 11) is 0. The molecule has 0 spiro atoms. The van der Waals surface area contributed by atoms with Crippen molar-refractivity contribution in [1.29, 1.82) is 0 Å². The Morgan fingerprint density at radius 2 is 1.53 bits per heavy atom. The Hall–Kier alpha value is -3.05. The fraction of sp³-hybridized carbons (Fsp3) is 0.222. The maximum absolute atomic E-state index is 14.3. The SMILES string of the molecule is CCC(C)Cc1ccc(C#Cc2ccc(-c3cc(C)c(N=C=S)c(F)c3)cc2)cc1. The number of benzene rings is 3. The van der Waals surface area contributed by atoms with Gasteiger partial charge in [-0.25, -0.2) is 4.39 Å². The van der Waals surface area contributed by atoms with Crippen LogP contribution in [0, 0.1) is 30.5 Å². The molecule has 150 valence electrons. The van der Waals surface area contributed by atoms with E-state index in [9.17, 15) is 4.39 Å². The highest BCUT2D eigenvalue weighted by Crippen LogP contribution is 2.29. The molecule has 0 N–H and O–H groups in total. The second-order valence-corrected chi connectivity index (χ2v) is 7.75. The van der Waals surface area contributed by atoms with Crippen LogP contribution in [0.5, 0.6) is 0 Å². The lowest BCUT2D eigenvalue weighted by Crippen LogP contribution is -1.97. The van der Waals surface area contributed by atoms with E-state index >= 15 is 0 Å². The maximum atomic E-state index is 14.3. The van der Waals surface area contributed by atoms with Gasteiger partial charge in [-0.05, 0) is 90.1 Å². The zero-order chi connectivity index (χ0) is 21.5. The lowest BCUT2D eigenvalue weighted by atomic mass is 9.98. The summed E-state index contributed by atoms with van der Waals surface area (Å²) in [4.78, 5) is 3.80. The number of thiocarbonyl (C=S) groups is 1. The van der Waals surface area contributed by atoms with Crippen molar-refractivity contribution in [3.63, 3.8) is 0 Å². The first kappa shape index (κ1) is 21.7. The minimum absolute atomic E-state index is 0.242. The highest BCUT2D eigenvalue weighted by Gasteiger charge is 2.08. The van der Waals surface area contributed by atoms with Crippen molar-refractivity contribution in [2.75, 3.05) is 0 Å². The quantitative estimate of drug-likeness (QED) is 0.239. The van der Waals surface area contributed by atoms with Crippen LogP contribution in [0.3, 0.4) is 0 Å². The topological polar surface area (TPSA) is 12.4 Å². The second-order valence-electron chi connectivity index (χ2n) is 7.57. The van der Waals surface area contributed by atoms with Crippen LogP contribution in [0.4, 0.5) is 10.1 Å². The fourth-order valence-corrected chi connectivity index (χ4v) is 3.34. The van der Waals surface area contributed by atoms with Crippen LogP contribution < -0.4 is 0 Å². The van der Waals surface area contributed by atoms with Gasteiger partial charge < -0.3 is 0 Å². The predicted molar refractivity (Wildman–Crippen MR) is 127 cm³/mol. The normalized spacial score (nSPS) is 11.2. The van der Waals surface area contributed by atoms with Crippen LogP contribution in [0.15, 0.2) is 65.7 Å². The molecule has 0 amide bonds. The molecular formula is C27H24FNS. The molecule has 1 nitrogen and oxygen atoms in total. The van der Waals surface area contributed by atoms with Gasteiger partial charge in [-0.3, -0.25) is 0 Å². The Morgan fingerprint density at radius 1 is 0.933 bits per heavy atom. The van der Waals surface area contributed by atoms with Crippen LogP contribution >= 0.6 is 12.2 Å². The summed E-state index contributed by atoms with van der Waals surface area (Å²) in [6.07, 6.45) is 2.29. The van der Waals surface area contributed by atoms with Gasteiger partial charge in [0, 0.05) is 11.1 Å². The zero-order valence-corrected chi connectivity index (χ0v) is 18.3. The van der Waals surface area contributed by atoms with Crippen LogP contribution in [-0.4, -0.2) is 5.16 Å². The number of aliphatic imine (C=N–C) groups is 1. The first-order valence-corrected chi connectivity index (χ1v) is 10.5. The molecule has 3 aromatic rings.